The molecule has 1 saturated heterocycles. The maximum Gasteiger partial charge on any atom is 0.249 e. The van der Waals surface area contributed by atoms with Crippen molar-refractivity contribution in [3.05, 3.63) is 0 Å². The molecule has 1 unspecified atom stereocenters. The van der Waals surface area contributed by atoms with Gasteiger partial charge in [-0.25, -0.2) is 0 Å². The van der Waals surface area contributed by atoms with Gasteiger partial charge in [-0.15, -0.1) is 0 Å². The summed E-state index contributed by atoms with van der Waals surface area (Å²) in [5.74, 6) is -0.766. The molecule has 3 amide bonds. The van der Waals surface area contributed by atoms with Crippen molar-refractivity contribution >= 4 is 17.7 Å². The average Bonchev–Trinajstić information content (AvgIpc) is 2.82. The lowest BCUT2D eigenvalue weighted by Gasteiger charge is -2.38. The number of piperazine rings is 1. The summed E-state index contributed by atoms with van der Waals surface area (Å²) < 4.78 is 0. The van der Waals surface area contributed by atoms with Crippen LogP contribution in [0.4, 0.5) is 0 Å². The number of hydrogen-bond donors (Lipinski definition) is 1. The number of hydrogen-bond acceptors (Lipinski definition) is 3. The van der Waals surface area contributed by atoms with Crippen LogP contribution >= 0.6 is 0 Å². The molecule has 1 saturated carbocycles. The van der Waals surface area contributed by atoms with Crippen molar-refractivity contribution in [1.29, 1.82) is 0 Å². The maximum atomic E-state index is 12.6. The Kier molecular flexibility index (Phi) is 3.41. The highest BCUT2D eigenvalue weighted by Gasteiger charge is 2.45. The van der Waals surface area contributed by atoms with Gasteiger partial charge in [-0.05, 0) is 26.2 Å². The van der Waals surface area contributed by atoms with E-state index in [9.17, 15) is 14.4 Å². The molecule has 5 heteroatoms. The Morgan fingerprint density at radius 1 is 1.39 bits per heavy atom. The van der Waals surface area contributed by atoms with Crippen LogP contribution in [0.2, 0.25) is 0 Å². The minimum absolute atomic E-state index is 0.00743. The van der Waals surface area contributed by atoms with Gasteiger partial charge in [0.15, 0.2) is 0 Å². The normalized spacial score (nSPS) is 27.2. The molecule has 5 nitrogen and oxygen atoms in total. The minimum Gasteiger partial charge on any atom is -0.321 e. The zero-order valence-electron chi connectivity index (χ0n) is 11.0. The van der Waals surface area contributed by atoms with E-state index in [1.807, 2.05) is 6.92 Å². The molecular weight excluding hydrogens is 232 g/mol. The fourth-order valence-corrected chi connectivity index (χ4v) is 3.04. The van der Waals surface area contributed by atoms with Crippen LogP contribution in [-0.4, -0.2) is 35.2 Å². The van der Waals surface area contributed by atoms with Gasteiger partial charge in [0.2, 0.25) is 17.7 Å². The van der Waals surface area contributed by atoms with Crippen LogP contribution in [0.1, 0.15) is 46.0 Å². The summed E-state index contributed by atoms with van der Waals surface area (Å²) in [6, 6.07) is -0.542. The molecule has 100 valence electrons. The Morgan fingerprint density at radius 2 is 2.00 bits per heavy atom. The van der Waals surface area contributed by atoms with E-state index >= 15 is 0 Å². The standard InChI is InChI=1S/C13H20N2O3/c1-3-13(6-4-5-7-13)12(18)15-8-10(16)14-11(17)9(15)2/h9H,3-8H2,1-2H3,(H,14,16,17). The first-order chi connectivity index (χ1) is 8.50. The maximum absolute atomic E-state index is 12.6. The van der Waals surface area contributed by atoms with Crippen LogP contribution in [0.15, 0.2) is 0 Å². The number of rotatable bonds is 2. The fourth-order valence-electron chi connectivity index (χ4n) is 3.04. The summed E-state index contributed by atoms with van der Waals surface area (Å²) in [7, 11) is 0. The van der Waals surface area contributed by atoms with Crippen molar-refractivity contribution in [2.24, 2.45) is 5.41 Å². The Morgan fingerprint density at radius 3 is 2.56 bits per heavy atom. The molecule has 0 bridgehead atoms. The zero-order valence-corrected chi connectivity index (χ0v) is 11.0. The van der Waals surface area contributed by atoms with Gasteiger partial charge in [-0.3, -0.25) is 19.7 Å². The summed E-state index contributed by atoms with van der Waals surface area (Å²) >= 11 is 0. The van der Waals surface area contributed by atoms with Gasteiger partial charge in [-0.2, -0.15) is 0 Å². The average molecular weight is 252 g/mol. The predicted octanol–water partition coefficient (Wildman–Crippen LogP) is 0.830. The van der Waals surface area contributed by atoms with E-state index in [0.29, 0.717) is 0 Å². The molecule has 1 aliphatic carbocycles. The molecule has 1 N–H and O–H groups in total. The van der Waals surface area contributed by atoms with Crippen molar-refractivity contribution in [2.45, 2.75) is 52.0 Å². The number of imide groups is 1. The number of nitrogens with one attached hydrogen (secondary N) is 1. The van der Waals surface area contributed by atoms with Crippen LogP contribution in [0.5, 0.6) is 0 Å². The molecule has 2 rings (SSSR count). The van der Waals surface area contributed by atoms with E-state index in [4.69, 9.17) is 0 Å². The summed E-state index contributed by atoms with van der Waals surface area (Å²) in [6.45, 7) is 3.70. The third kappa shape index (κ3) is 2.02. The first kappa shape index (κ1) is 13.1. The van der Waals surface area contributed by atoms with E-state index in [0.717, 1.165) is 32.1 Å². The topological polar surface area (TPSA) is 66.5 Å². The van der Waals surface area contributed by atoms with Gasteiger partial charge in [0.05, 0.1) is 0 Å². The Bertz CT molecular complexity index is 386. The first-order valence-corrected chi connectivity index (χ1v) is 6.65. The van der Waals surface area contributed by atoms with E-state index in [1.54, 1.807) is 6.92 Å². The molecule has 1 aliphatic heterocycles. The second kappa shape index (κ2) is 4.71. The quantitative estimate of drug-likeness (QED) is 0.740. The molecular formula is C13H20N2O3. The Hall–Kier alpha value is -1.39. The van der Waals surface area contributed by atoms with Crippen molar-refractivity contribution < 1.29 is 14.4 Å². The van der Waals surface area contributed by atoms with Crippen LogP contribution in [0, 0.1) is 5.41 Å². The second-order valence-electron chi connectivity index (χ2n) is 5.36. The van der Waals surface area contributed by atoms with E-state index < -0.39 is 6.04 Å². The van der Waals surface area contributed by atoms with E-state index in [1.165, 1.54) is 4.90 Å². The lowest BCUT2D eigenvalue weighted by molar-refractivity contribution is -0.155. The van der Waals surface area contributed by atoms with Crippen LogP contribution in [0.3, 0.4) is 0 Å². The number of carbonyl (C=O) groups is 3. The molecule has 0 aromatic rings. The number of nitrogens with zero attached hydrogens (tertiary/aromatic N) is 1. The minimum atomic E-state index is -0.542. The molecule has 2 aliphatic rings. The largest absolute Gasteiger partial charge is 0.321 e. The SMILES string of the molecule is CCC1(C(=O)N2CC(=O)NC(=O)C2C)CCCC1. The molecule has 18 heavy (non-hydrogen) atoms. The smallest absolute Gasteiger partial charge is 0.249 e. The van der Waals surface area contributed by atoms with Crippen molar-refractivity contribution in [2.75, 3.05) is 6.54 Å². The summed E-state index contributed by atoms with van der Waals surface area (Å²) in [4.78, 5) is 37.1. The Balaban J connectivity index is 2.21. The third-order valence-electron chi connectivity index (χ3n) is 4.38. The predicted molar refractivity (Wildman–Crippen MR) is 65.5 cm³/mol. The van der Waals surface area contributed by atoms with Crippen molar-refractivity contribution in [3.63, 3.8) is 0 Å². The van der Waals surface area contributed by atoms with Gasteiger partial charge in [-0.1, -0.05) is 19.8 Å². The monoisotopic (exact) mass is 252 g/mol. The zero-order chi connectivity index (χ0) is 13.3. The van der Waals surface area contributed by atoms with E-state index in [2.05, 4.69) is 5.32 Å². The highest BCUT2D eigenvalue weighted by molar-refractivity contribution is 6.04. The van der Waals surface area contributed by atoms with Gasteiger partial charge in [0, 0.05) is 5.41 Å². The van der Waals surface area contributed by atoms with Crippen LogP contribution in [-0.2, 0) is 14.4 Å². The van der Waals surface area contributed by atoms with Gasteiger partial charge in [0.1, 0.15) is 12.6 Å². The number of amides is 3. The lowest BCUT2D eigenvalue weighted by Crippen LogP contribution is -2.61. The van der Waals surface area contributed by atoms with Crippen LogP contribution in [0.25, 0.3) is 0 Å². The molecule has 0 radical (unpaired) electrons. The highest BCUT2D eigenvalue weighted by Crippen LogP contribution is 2.42. The summed E-state index contributed by atoms with van der Waals surface area (Å²) in [6.07, 6.45) is 4.65. The molecule has 0 aromatic heterocycles. The van der Waals surface area contributed by atoms with E-state index in [-0.39, 0.29) is 29.7 Å². The third-order valence-corrected chi connectivity index (χ3v) is 4.38. The molecule has 1 atom stereocenters. The molecule has 2 fully saturated rings. The highest BCUT2D eigenvalue weighted by atomic mass is 16.2. The molecule has 1 heterocycles. The second-order valence-corrected chi connectivity index (χ2v) is 5.36. The fraction of sp³-hybridized carbons (Fsp3) is 0.769. The van der Waals surface area contributed by atoms with Gasteiger partial charge in [0.25, 0.3) is 0 Å². The van der Waals surface area contributed by atoms with Crippen molar-refractivity contribution in [1.82, 2.24) is 10.2 Å². The summed E-state index contributed by atoms with van der Waals surface area (Å²) in [5.41, 5.74) is -0.341. The molecule has 0 aromatic carbocycles. The lowest BCUT2D eigenvalue weighted by atomic mass is 9.81. The van der Waals surface area contributed by atoms with Crippen LogP contribution < -0.4 is 5.32 Å². The summed E-state index contributed by atoms with van der Waals surface area (Å²) in [5, 5.41) is 2.26. The van der Waals surface area contributed by atoms with Gasteiger partial charge >= 0.3 is 0 Å². The van der Waals surface area contributed by atoms with Gasteiger partial charge < -0.3 is 4.90 Å². The Labute approximate surface area is 107 Å². The number of carbonyl (C=O) groups excluding carboxylic acids is 3. The first-order valence-electron chi connectivity index (χ1n) is 6.65. The molecule has 0 spiro atoms. The van der Waals surface area contributed by atoms with Crippen molar-refractivity contribution in [3.8, 4) is 0 Å².